The van der Waals surface area contributed by atoms with E-state index in [1.165, 1.54) is 12.1 Å². The van der Waals surface area contributed by atoms with Gasteiger partial charge in [-0.3, -0.25) is 0 Å². The summed E-state index contributed by atoms with van der Waals surface area (Å²) >= 11 is 5.62. The summed E-state index contributed by atoms with van der Waals surface area (Å²) in [6.07, 6.45) is -2.66. The van der Waals surface area contributed by atoms with Gasteiger partial charge in [0, 0.05) is 5.56 Å². The Hall–Kier alpha value is -1.14. The number of nitrogens with zero attached hydrogens (tertiary/aromatic N) is 1. The molecule has 0 unspecified atom stereocenters. The van der Waals surface area contributed by atoms with Gasteiger partial charge in [-0.05, 0) is 24.6 Å². The van der Waals surface area contributed by atoms with Gasteiger partial charge < -0.3 is 0 Å². The van der Waals surface area contributed by atoms with E-state index in [-0.39, 0.29) is 16.1 Å². The third-order valence-electron chi connectivity index (χ3n) is 1.61. The van der Waals surface area contributed by atoms with Gasteiger partial charge in [0.25, 0.3) is 6.43 Å². The molecule has 0 amide bonds. The molecule has 0 atom stereocenters. The molecule has 0 saturated carbocycles. The summed E-state index contributed by atoms with van der Waals surface area (Å²) in [4.78, 5) is 0. The van der Waals surface area contributed by atoms with Gasteiger partial charge in [-0.2, -0.15) is 5.26 Å². The van der Waals surface area contributed by atoms with Crippen LogP contribution in [0.2, 0.25) is 5.02 Å². The average molecular weight is 202 g/mol. The van der Waals surface area contributed by atoms with Crippen molar-refractivity contribution in [3.8, 4) is 6.07 Å². The Morgan fingerprint density at radius 2 is 2.08 bits per heavy atom. The first-order valence-electron chi connectivity index (χ1n) is 3.54. The monoisotopic (exact) mass is 201 g/mol. The second kappa shape index (κ2) is 3.71. The minimum atomic E-state index is -2.66. The highest BCUT2D eigenvalue weighted by Crippen LogP contribution is 2.28. The summed E-state index contributed by atoms with van der Waals surface area (Å²) in [7, 11) is 0. The van der Waals surface area contributed by atoms with Crippen LogP contribution in [-0.4, -0.2) is 0 Å². The molecule has 1 aromatic carbocycles. The second-order valence-electron chi connectivity index (χ2n) is 2.62. The first-order valence-corrected chi connectivity index (χ1v) is 3.92. The normalized spacial score (nSPS) is 10.2. The van der Waals surface area contributed by atoms with Crippen molar-refractivity contribution >= 4 is 11.6 Å². The molecule has 0 aliphatic carbocycles. The third-order valence-corrected chi connectivity index (χ3v) is 1.91. The number of benzene rings is 1. The van der Waals surface area contributed by atoms with Crippen molar-refractivity contribution in [3.63, 3.8) is 0 Å². The zero-order chi connectivity index (χ0) is 10.0. The lowest BCUT2D eigenvalue weighted by Gasteiger charge is -2.05. The number of alkyl halides is 2. The molecule has 0 fully saturated rings. The van der Waals surface area contributed by atoms with Crippen LogP contribution in [0.5, 0.6) is 0 Å². The number of hydrogen-bond donors (Lipinski definition) is 0. The Bertz CT molecular complexity index is 369. The van der Waals surface area contributed by atoms with E-state index in [4.69, 9.17) is 16.9 Å². The quantitative estimate of drug-likeness (QED) is 0.683. The van der Waals surface area contributed by atoms with E-state index in [1.54, 1.807) is 13.0 Å². The van der Waals surface area contributed by atoms with E-state index in [1.807, 2.05) is 0 Å². The fraction of sp³-hybridized carbons (Fsp3) is 0.222. The largest absolute Gasteiger partial charge is 0.265 e. The van der Waals surface area contributed by atoms with Crippen molar-refractivity contribution in [1.29, 1.82) is 5.26 Å². The van der Waals surface area contributed by atoms with Gasteiger partial charge in [-0.1, -0.05) is 11.6 Å². The highest BCUT2D eigenvalue weighted by atomic mass is 35.5. The van der Waals surface area contributed by atoms with Crippen LogP contribution in [0.4, 0.5) is 8.78 Å². The van der Waals surface area contributed by atoms with E-state index >= 15 is 0 Å². The summed E-state index contributed by atoms with van der Waals surface area (Å²) in [5, 5.41) is 8.65. The molecule has 0 bridgehead atoms. The zero-order valence-corrected chi connectivity index (χ0v) is 7.57. The predicted octanol–water partition coefficient (Wildman–Crippen LogP) is 3.46. The fourth-order valence-corrected chi connectivity index (χ4v) is 1.38. The third kappa shape index (κ3) is 1.96. The van der Waals surface area contributed by atoms with Crippen molar-refractivity contribution in [2.24, 2.45) is 0 Å². The average Bonchev–Trinajstić information content (AvgIpc) is 2.02. The molecule has 4 heteroatoms. The first kappa shape index (κ1) is 9.94. The van der Waals surface area contributed by atoms with E-state index in [2.05, 4.69) is 0 Å². The lowest BCUT2D eigenvalue weighted by Crippen LogP contribution is -1.92. The van der Waals surface area contributed by atoms with Crippen molar-refractivity contribution in [1.82, 2.24) is 0 Å². The van der Waals surface area contributed by atoms with Crippen LogP contribution in [0.1, 0.15) is 23.1 Å². The molecular formula is C9H6ClF2N. The number of nitriles is 1. The summed E-state index contributed by atoms with van der Waals surface area (Å²) in [5.41, 5.74) is 0.189. The fourth-order valence-electron chi connectivity index (χ4n) is 1.06. The topological polar surface area (TPSA) is 23.8 Å². The molecule has 0 spiro atoms. The number of aryl methyl sites for hydroxylation is 1. The lowest BCUT2D eigenvalue weighted by atomic mass is 10.1. The van der Waals surface area contributed by atoms with Gasteiger partial charge in [0.1, 0.15) is 6.07 Å². The Balaban J connectivity index is 3.41. The number of rotatable bonds is 1. The molecule has 0 radical (unpaired) electrons. The van der Waals surface area contributed by atoms with E-state index in [0.717, 1.165) is 0 Å². The zero-order valence-electron chi connectivity index (χ0n) is 6.81. The van der Waals surface area contributed by atoms with Crippen LogP contribution >= 0.6 is 11.6 Å². The van der Waals surface area contributed by atoms with E-state index in [0.29, 0.717) is 5.56 Å². The molecule has 0 aliphatic heterocycles. The van der Waals surface area contributed by atoms with Crippen LogP contribution < -0.4 is 0 Å². The van der Waals surface area contributed by atoms with Crippen molar-refractivity contribution in [2.75, 3.05) is 0 Å². The summed E-state index contributed by atoms with van der Waals surface area (Å²) in [5.74, 6) is 0. The predicted molar refractivity (Wildman–Crippen MR) is 45.9 cm³/mol. The molecule has 1 nitrogen and oxygen atoms in total. The maximum absolute atomic E-state index is 12.4. The SMILES string of the molecule is Cc1cc(Cl)c(C#N)c(C(F)F)c1. The standard InChI is InChI=1S/C9H6ClF2N/c1-5-2-6(9(11)12)7(4-13)8(10)3-5/h2-3,9H,1H3. The Morgan fingerprint density at radius 1 is 1.46 bits per heavy atom. The van der Waals surface area contributed by atoms with Crippen molar-refractivity contribution < 1.29 is 8.78 Å². The summed E-state index contributed by atoms with van der Waals surface area (Å²) in [6.45, 7) is 1.65. The molecule has 1 rings (SSSR count). The number of halogens is 3. The highest BCUT2D eigenvalue weighted by Gasteiger charge is 2.15. The van der Waals surface area contributed by atoms with Gasteiger partial charge in [-0.15, -0.1) is 0 Å². The maximum Gasteiger partial charge on any atom is 0.265 e. The molecule has 0 N–H and O–H groups in total. The van der Waals surface area contributed by atoms with Crippen LogP contribution in [0.3, 0.4) is 0 Å². The van der Waals surface area contributed by atoms with Crippen LogP contribution in [0.15, 0.2) is 12.1 Å². The molecule has 68 valence electrons. The first-order chi connectivity index (χ1) is 6.06. The molecule has 1 aromatic rings. The molecule has 13 heavy (non-hydrogen) atoms. The Morgan fingerprint density at radius 3 is 2.54 bits per heavy atom. The minimum absolute atomic E-state index is 0.0813. The van der Waals surface area contributed by atoms with Gasteiger partial charge in [0.2, 0.25) is 0 Å². The van der Waals surface area contributed by atoms with Crippen molar-refractivity contribution in [2.45, 2.75) is 13.3 Å². The second-order valence-corrected chi connectivity index (χ2v) is 3.03. The van der Waals surface area contributed by atoms with Gasteiger partial charge in [0.05, 0.1) is 10.6 Å². The molecule has 0 aromatic heterocycles. The maximum atomic E-state index is 12.4. The minimum Gasteiger partial charge on any atom is -0.205 e. The van der Waals surface area contributed by atoms with E-state index < -0.39 is 6.43 Å². The highest BCUT2D eigenvalue weighted by molar-refractivity contribution is 6.31. The summed E-state index contributed by atoms with van der Waals surface area (Å²) < 4.78 is 24.7. The smallest absolute Gasteiger partial charge is 0.205 e. The number of hydrogen-bond acceptors (Lipinski definition) is 1. The molecule has 0 aliphatic rings. The molecule has 0 heterocycles. The Kier molecular flexibility index (Phi) is 2.84. The van der Waals surface area contributed by atoms with Crippen LogP contribution in [0, 0.1) is 18.3 Å². The van der Waals surface area contributed by atoms with Gasteiger partial charge >= 0.3 is 0 Å². The van der Waals surface area contributed by atoms with Crippen molar-refractivity contribution in [3.05, 3.63) is 33.8 Å². The summed E-state index contributed by atoms with van der Waals surface area (Å²) in [6, 6.07) is 4.43. The van der Waals surface area contributed by atoms with Gasteiger partial charge in [-0.25, -0.2) is 8.78 Å². The molecular weight excluding hydrogens is 196 g/mol. The Labute approximate surface area is 79.6 Å². The van der Waals surface area contributed by atoms with Crippen LogP contribution in [0.25, 0.3) is 0 Å². The lowest BCUT2D eigenvalue weighted by molar-refractivity contribution is 0.151. The van der Waals surface area contributed by atoms with E-state index in [9.17, 15) is 8.78 Å². The molecule has 0 saturated heterocycles. The van der Waals surface area contributed by atoms with Gasteiger partial charge in [0.15, 0.2) is 0 Å². The van der Waals surface area contributed by atoms with Crippen LogP contribution in [-0.2, 0) is 0 Å².